The van der Waals surface area contributed by atoms with Crippen molar-refractivity contribution in [2.75, 3.05) is 12.4 Å². The molecule has 0 radical (unpaired) electrons. The number of methoxy groups -OCH3 is 1. The Hall–Kier alpha value is -3.30. The van der Waals surface area contributed by atoms with Crippen LogP contribution in [0.4, 0.5) is 5.69 Å². The summed E-state index contributed by atoms with van der Waals surface area (Å²) in [6.07, 6.45) is 1.42. The number of nitrogens with one attached hydrogen (secondary N) is 1. The van der Waals surface area contributed by atoms with Crippen LogP contribution in [0.1, 0.15) is 5.76 Å². The van der Waals surface area contributed by atoms with Crippen LogP contribution in [0.2, 0.25) is 0 Å². The normalized spacial score (nSPS) is 10.9. The molecule has 3 aromatic rings. The zero-order chi connectivity index (χ0) is 19.2. The Bertz CT molecular complexity index is 1030. The summed E-state index contributed by atoms with van der Waals surface area (Å²) in [5.74, 6) is 1.23. The van der Waals surface area contributed by atoms with Crippen molar-refractivity contribution >= 4 is 33.6 Å². The van der Waals surface area contributed by atoms with E-state index >= 15 is 0 Å². The molecule has 0 atom stereocenters. The molecule has 0 bridgehead atoms. The number of benzene rings is 2. The van der Waals surface area contributed by atoms with Crippen LogP contribution in [0.3, 0.4) is 0 Å². The van der Waals surface area contributed by atoms with Crippen molar-refractivity contribution in [3.05, 3.63) is 76.5 Å². The smallest absolute Gasteiger partial charge is 0.266 e. The van der Waals surface area contributed by atoms with Gasteiger partial charge in [-0.2, -0.15) is 5.26 Å². The van der Waals surface area contributed by atoms with E-state index in [1.165, 1.54) is 6.08 Å². The Labute approximate surface area is 165 Å². The van der Waals surface area contributed by atoms with Gasteiger partial charge < -0.3 is 14.5 Å². The average Bonchev–Trinajstić information content (AvgIpc) is 3.15. The number of furan rings is 1. The maximum absolute atomic E-state index is 12.4. The van der Waals surface area contributed by atoms with Gasteiger partial charge in [-0.1, -0.05) is 34.1 Å². The van der Waals surface area contributed by atoms with Gasteiger partial charge in [0.25, 0.3) is 5.91 Å². The van der Waals surface area contributed by atoms with Crippen LogP contribution < -0.4 is 10.1 Å². The van der Waals surface area contributed by atoms with Crippen LogP contribution in [0, 0.1) is 11.3 Å². The van der Waals surface area contributed by atoms with E-state index in [2.05, 4.69) is 21.2 Å². The van der Waals surface area contributed by atoms with Gasteiger partial charge in [0.15, 0.2) is 0 Å². The predicted molar refractivity (Wildman–Crippen MR) is 107 cm³/mol. The molecule has 0 saturated carbocycles. The van der Waals surface area contributed by atoms with Gasteiger partial charge >= 0.3 is 0 Å². The highest BCUT2D eigenvalue weighted by atomic mass is 79.9. The van der Waals surface area contributed by atoms with E-state index < -0.39 is 5.91 Å². The van der Waals surface area contributed by atoms with Gasteiger partial charge in [0.1, 0.15) is 28.9 Å². The first-order valence-electron chi connectivity index (χ1n) is 8.02. The van der Waals surface area contributed by atoms with Crippen LogP contribution in [0.25, 0.3) is 17.4 Å². The molecular weight excluding hydrogens is 408 g/mol. The van der Waals surface area contributed by atoms with Gasteiger partial charge in [-0.25, -0.2) is 0 Å². The molecule has 3 rings (SSSR count). The van der Waals surface area contributed by atoms with Crippen molar-refractivity contribution in [3.8, 4) is 23.1 Å². The quantitative estimate of drug-likeness (QED) is 0.449. The second kappa shape index (κ2) is 8.39. The molecule has 1 aromatic heterocycles. The standard InChI is InChI=1S/C21H15BrN2O3/c1-26-16-8-6-15(7-9-16)24-21(25)14(13-23)12-17-10-11-20(27-17)18-4-2-3-5-19(18)22/h2-12H,1H3,(H,24,25)/b14-12-. The molecule has 0 aliphatic heterocycles. The third kappa shape index (κ3) is 4.46. The minimum absolute atomic E-state index is 0.0566. The number of carbonyl (C=O) groups excluding carboxylic acids is 1. The zero-order valence-corrected chi connectivity index (χ0v) is 16.0. The van der Waals surface area contributed by atoms with E-state index in [1.54, 1.807) is 43.5 Å². The van der Waals surface area contributed by atoms with E-state index in [-0.39, 0.29) is 5.57 Å². The van der Waals surface area contributed by atoms with Crippen LogP contribution in [-0.4, -0.2) is 13.0 Å². The molecule has 0 spiro atoms. The molecule has 1 N–H and O–H groups in total. The Balaban J connectivity index is 1.79. The van der Waals surface area contributed by atoms with Crippen LogP contribution in [-0.2, 0) is 4.79 Å². The van der Waals surface area contributed by atoms with Gasteiger partial charge in [0.2, 0.25) is 0 Å². The summed E-state index contributed by atoms with van der Waals surface area (Å²) in [5.41, 5.74) is 1.40. The van der Waals surface area contributed by atoms with Gasteiger partial charge in [0, 0.05) is 21.8 Å². The molecular formula is C21H15BrN2O3. The molecule has 0 aliphatic rings. The lowest BCUT2D eigenvalue weighted by Crippen LogP contribution is -2.13. The van der Waals surface area contributed by atoms with Crippen LogP contribution >= 0.6 is 15.9 Å². The lowest BCUT2D eigenvalue weighted by molar-refractivity contribution is -0.112. The molecule has 134 valence electrons. The predicted octanol–water partition coefficient (Wildman–Crippen LogP) is 5.26. The lowest BCUT2D eigenvalue weighted by Gasteiger charge is -2.05. The van der Waals surface area contributed by atoms with Crippen molar-refractivity contribution in [1.29, 1.82) is 5.26 Å². The highest BCUT2D eigenvalue weighted by Gasteiger charge is 2.12. The van der Waals surface area contributed by atoms with Crippen molar-refractivity contribution in [2.24, 2.45) is 0 Å². The number of nitrogens with zero attached hydrogens (tertiary/aromatic N) is 1. The number of carbonyl (C=O) groups is 1. The number of hydrogen-bond acceptors (Lipinski definition) is 4. The Morgan fingerprint density at radius 2 is 1.89 bits per heavy atom. The first-order chi connectivity index (χ1) is 13.1. The maximum Gasteiger partial charge on any atom is 0.266 e. The molecule has 2 aromatic carbocycles. The molecule has 0 fully saturated rings. The summed E-state index contributed by atoms with van der Waals surface area (Å²) >= 11 is 3.48. The molecule has 0 unspecified atom stereocenters. The monoisotopic (exact) mass is 422 g/mol. The van der Waals surface area contributed by atoms with E-state index in [9.17, 15) is 10.1 Å². The Morgan fingerprint density at radius 3 is 2.56 bits per heavy atom. The number of nitriles is 1. The molecule has 0 aliphatic carbocycles. The summed E-state index contributed by atoms with van der Waals surface area (Å²) in [5, 5.41) is 12.0. The van der Waals surface area contributed by atoms with Crippen LogP contribution in [0.15, 0.2) is 75.1 Å². The number of halogens is 1. The first-order valence-corrected chi connectivity index (χ1v) is 8.82. The molecule has 27 heavy (non-hydrogen) atoms. The van der Waals surface area contributed by atoms with E-state index in [0.29, 0.717) is 23.0 Å². The Morgan fingerprint density at radius 1 is 1.15 bits per heavy atom. The van der Waals surface area contributed by atoms with E-state index in [4.69, 9.17) is 9.15 Å². The fourth-order valence-electron chi connectivity index (χ4n) is 2.40. The first kappa shape index (κ1) is 18.5. The highest BCUT2D eigenvalue weighted by Crippen LogP contribution is 2.30. The number of ether oxygens (including phenoxy) is 1. The minimum atomic E-state index is -0.512. The molecule has 1 heterocycles. The summed E-state index contributed by atoms with van der Waals surface area (Å²) in [7, 11) is 1.57. The van der Waals surface area contributed by atoms with Crippen molar-refractivity contribution < 1.29 is 13.9 Å². The van der Waals surface area contributed by atoms with Gasteiger partial charge in [-0.05, 0) is 42.5 Å². The van der Waals surface area contributed by atoms with Crippen molar-refractivity contribution in [3.63, 3.8) is 0 Å². The fraction of sp³-hybridized carbons (Fsp3) is 0.0476. The van der Waals surface area contributed by atoms with Crippen molar-refractivity contribution in [2.45, 2.75) is 0 Å². The van der Waals surface area contributed by atoms with E-state index in [1.807, 2.05) is 30.3 Å². The summed E-state index contributed by atoms with van der Waals surface area (Å²) in [4.78, 5) is 12.4. The highest BCUT2D eigenvalue weighted by molar-refractivity contribution is 9.10. The topological polar surface area (TPSA) is 75.3 Å². The second-order valence-electron chi connectivity index (χ2n) is 5.53. The second-order valence-corrected chi connectivity index (χ2v) is 6.39. The van der Waals surface area contributed by atoms with Crippen molar-refractivity contribution in [1.82, 2.24) is 0 Å². The molecule has 6 heteroatoms. The molecule has 5 nitrogen and oxygen atoms in total. The maximum atomic E-state index is 12.4. The minimum Gasteiger partial charge on any atom is -0.497 e. The number of rotatable bonds is 5. The summed E-state index contributed by atoms with van der Waals surface area (Å²) < 4.78 is 11.7. The largest absolute Gasteiger partial charge is 0.497 e. The molecule has 0 saturated heterocycles. The Kier molecular flexibility index (Phi) is 5.74. The number of anilines is 1. The average molecular weight is 423 g/mol. The number of hydrogen-bond donors (Lipinski definition) is 1. The fourth-order valence-corrected chi connectivity index (χ4v) is 2.88. The van der Waals surface area contributed by atoms with Gasteiger partial charge in [-0.15, -0.1) is 0 Å². The zero-order valence-electron chi connectivity index (χ0n) is 14.4. The third-order valence-corrected chi connectivity index (χ3v) is 4.46. The van der Waals surface area contributed by atoms with Gasteiger partial charge in [0.05, 0.1) is 7.11 Å². The number of amides is 1. The van der Waals surface area contributed by atoms with E-state index in [0.717, 1.165) is 10.0 Å². The summed E-state index contributed by atoms with van der Waals surface area (Å²) in [6, 6.07) is 19.9. The lowest BCUT2D eigenvalue weighted by atomic mass is 10.2. The molecule has 1 amide bonds. The van der Waals surface area contributed by atoms with Crippen LogP contribution in [0.5, 0.6) is 5.75 Å². The summed E-state index contributed by atoms with van der Waals surface area (Å²) in [6.45, 7) is 0. The SMILES string of the molecule is COc1ccc(NC(=O)/C(C#N)=C\c2ccc(-c3ccccc3Br)o2)cc1. The van der Waals surface area contributed by atoms with Gasteiger partial charge in [-0.3, -0.25) is 4.79 Å². The third-order valence-electron chi connectivity index (χ3n) is 3.77.